The number of aromatic nitrogens is 1. The molecule has 3 nitrogen and oxygen atoms in total. The first kappa shape index (κ1) is 41.2. The van der Waals surface area contributed by atoms with E-state index in [1.165, 1.54) is 99.7 Å². The Hall–Kier alpha value is -7.04. The molecule has 1 radical (unpaired) electrons. The summed E-state index contributed by atoms with van der Waals surface area (Å²) < 4.78 is 9.10. The molecule has 0 atom stereocenters. The number of furan rings is 1. The normalized spacial score (nSPS) is 15.0. The maximum atomic E-state index is 6.50. The number of hydrogen-bond donors (Lipinski definition) is 1. The number of anilines is 2. The van der Waals surface area contributed by atoms with Crippen molar-refractivity contribution in [3.05, 3.63) is 185 Å². The molecule has 10 aromatic rings. The van der Waals surface area contributed by atoms with Crippen molar-refractivity contribution >= 4 is 62.4 Å². The molecule has 0 fully saturated rings. The van der Waals surface area contributed by atoms with Crippen molar-refractivity contribution in [2.24, 2.45) is 0 Å². The summed E-state index contributed by atoms with van der Waals surface area (Å²) in [6.45, 7) is 23.5. The van der Waals surface area contributed by atoms with E-state index < -0.39 is 0 Å². The van der Waals surface area contributed by atoms with Gasteiger partial charge in [0, 0.05) is 60.7 Å². The molecule has 3 aliphatic rings. The minimum Gasteiger partial charge on any atom is -0.464 e. The standard InChI is InChI=1S/C64H56BN2O/c1-61(2,3)37-24-27-39(28-25-37)66-51-33-49-42(40-20-14-16-22-47(40)63(49,7)8)31-44(51)57-58-55(41-21-15-17-23-48(41)64(58,9)10)56-45-30-38(62(4,5)6)26-29-52(45)67-53-32-43-46(36-18-12-11-13-19-36)35-68-54(43)34-50(53)65-59(57)60(56)67/h11-35,66H,1-10H3. The Morgan fingerprint density at radius 3 is 1.93 bits per heavy atom. The summed E-state index contributed by atoms with van der Waals surface area (Å²) in [5.74, 6) is 0. The highest BCUT2D eigenvalue weighted by Crippen LogP contribution is 2.59. The van der Waals surface area contributed by atoms with Crippen molar-refractivity contribution in [3.8, 4) is 50.2 Å². The SMILES string of the molecule is CC(C)(C)c1ccc(Nc2cc3c(cc2-c2c4c(c5c6cc(C(C)(C)C)ccc6n6c5c2[B]c2cc5occ(-c7ccccc7)c5cc2-6)-c2ccccc2C4(C)C)-c2ccccc2C3(C)C)cc1. The largest absolute Gasteiger partial charge is 0.464 e. The van der Waals surface area contributed by atoms with E-state index in [9.17, 15) is 0 Å². The lowest BCUT2D eigenvalue weighted by atomic mass is 9.57. The van der Waals surface area contributed by atoms with E-state index in [4.69, 9.17) is 4.42 Å². The Bertz CT molecular complexity index is 3790. The van der Waals surface area contributed by atoms with Crippen LogP contribution >= 0.6 is 0 Å². The van der Waals surface area contributed by atoms with Crippen LogP contribution in [0.4, 0.5) is 11.4 Å². The summed E-state index contributed by atoms with van der Waals surface area (Å²) in [6.07, 6.45) is 1.94. The van der Waals surface area contributed by atoms with Crippen molar-refractivity contribution in [1.29, 1.82) is 0 Å². The average molecular weight is 880 g/mol. The molecule has 0 saturated carbocycles. The first-order chi connectivity index (χ1) is 32.5. The summed E-state index contributed by atoms with van der Waals surface area (Å²) in [6, 6.07) is 55.0. The van der Waals surface area contributed by atoms with Gasteiger partial charge in [0.1, 0.15) is 5.58 Å². The molecular weight excluding hydrogens is 824 g/mol. The maximum absolute atomic E-state index is 6.50. The van der Waals surface area contributed by atoms with E-state index in [1.807, 2.05) is 6.26 Å². The fourth-order valence-electron chi connectivity index (χ4n) is 12.4. The minimum atomic E-state index is -0.326. The molecule has 8 aromatic carbocycles. The van der Waals surface area contributed by atoms with Crippen molar-refractivity contribution in [2.75, 3.05) is 5.32 Å². The molecule has 4 heteroatoms. The summed E-state index contributed by atoms with van der Waals surface area (Å²) in [5.41, 5.74) is 26.8. The molecule has 331 valence electrons. The van der Waals surface area contributed by atoms with Gasteiger partial charge in [-0.15, -0.1) is 0 Å². The number of nitrogens with one attached hydrogen (secondary N) is 1. The van der Waals surface area contributed by atoms with Crippen LogP contribution in [0.1, 0.15) is 103 Å². The number of benzene rings is 8. The van der Waals surface area contributed by atoms with Gasteiger partial charge in [0.2, 0.25) is 0 Å². The van der Waals surface area contributed by atoms with Gasteiger partial charge in [0.15, 0.2) is 7.28 Å². The van der Waals surface area contributed by atoms with Crippen LogP contribution < -0.4 is 16.2 Å². The Kier molecular flexibility index (Phi) is 8.35. The van der Waals surface area contributed by atoms with Crippen LogP contribution in [0.5, 0.6) is 0 Å². The van der Waals surface area contributed by atoms with Gasteiger partial charge in [0.05, 0.1) is 11.8 Å². The molecule has 1 N–H and O–H groups in total. The Morgan fingerprint density at radius 2 is 1.21 bits per heavy atom. The molecule has 0 amide bonds. The Morgan fingerprint density at radius 1 is 0.544 bits per heavy atom. The zero-order valence-electron chi connectivity index (χ0n) is 40.9. The smallest absolute Gasteiger partial charge is 0.198 e. The van der Waals surface area contributed by atoms with Crippen molar-refractivity contribution < 1.29 is 4.42 Å². The van der Waals surface area contributed by atoms with Crippen LogP contribution in [0.3, 0.4) is 0 Å². The van der Waals surface area contributed by atoms with Gasteiger partial charge in [0.25, 0.3) is 0 Å². The number of hydrogen-bond acceptors (Lipinski definition) is 2. The van der Waals surface area contributed by atoms with Crippen LogP contribution in [0.2, 0.25) is 0 Å². The topological polar surface area (TPSA) is 30.1 Å². The van der Waals surface area contributed by atoms with Crippen LogP contribution in [0.15, 0.2) is 156 Å². The molecule has 2 aliphatic carbocycles. The average Bonchev–Trinajstić information content (AvgIpc) is 4.02. The van der Waals surface area contributed by atoms with Crippen LogP contribution in [0.25, 0.3) is 83.0 Å². The third-order valence-corrected chi connectivity index (χ3v) is 16.0. The highest BCUT2D eigenvalue weighted by atomic mass is 16.3. The van der Waals surface area contributed by atoms with Gasteiger partial charge in [-0.05, 0) is 132 Å². The monoisotopic (exact) mass is 879 g/mol. The summed E-state index contributed by atoms with van der Waals surface area (Å²) >= 11 is 0. The Labute approximate surface area is 401 Å². The van der Waals surface area contributed by atoms with Crippen LogP contribution in [-0.2, 0) is 21.7 Å². The fraction of sp³-hybridized carbons (Fsp3) is 0.219. The van der Waals surface area contributed by atoms with Crippen LogP contribution in [0, 0.1) is 0 Å². The van der Waals surface area contributed by atoms with E-state index in [2.05, 4.69) is 232 Å². The lowest BCUT2D eigenvalue weighted by Gasteiger charge is -2.31. The van der Waals surface area contributed by atoms with Crippen LogP contribution in [-0.4, -0.2) is 11.8 Å². The lowest BCUT2D eigenvalue weighted by molar-refractivity contribution is 0.590. The van der Waals surface area contributed by atoms with E-state index in [0.29, 0.717) is 0 Å². The van der Waals surface area contributed by atoms with Gasteiger partial charge >= 0.3 is 0 Å². The summed E-state index contributed by atoms with van der Waals surface area (Å²) in [5, 5.41) is 7.83. The third kappa shape index (κ3) is 5.67. The molecule has 3 heterocycles. The number of nitrogens with zero attached hydrogens (tertiary/aromatic N) is 1. The second kappa shape index (κ2) is 13.8. The summed E-state index contributed by atoms with van der Waals surface area (Å²) in [4.78, 5) is 0. The molecule has 68 heavy (non-hydrogen) atoms. The van der Waals surface area contributed by atoms with Gasteiger partial charge in [-0.1, -0.05) is 172 Å². The van der Waals surface area contributed by atoms with Gasteiger partial charge in [-0.3, -0.25) is 0 Å². The van der Waals surface area contributed by atoms with Crippen molar-refractivity contribution in [2.45, 2.75) is 90.9 Å². The summed E-state index contributed by atoms with van der Waals surface area (Å²) in [7, 11) is 2.49. The van der Waals surface area contributed by atoms with Crippen molar-refractivity contribution in [1.82, 2.24) is 4.57 Å². The van der Waals surface area contributed by atoms with E-state index in [1.54, 1.807) is 0 Å². The number of fused-ring (bicyclic) bond motifs is 13. The second-order valence-corrected chi connectivity index (χ2v) is 22.9. The highest BCUT2D eigenvalue weighted by molar-refractivity contribution is 6.74. The maximum Gasteiger partial charge on any atom is 0.198 e. The van der Waals surface area contributed by atoms with E-state index in [0.717, 1.165) is 38.9 Å². The number of rotatable bonds is 4. The van der Waals surface area contributed by atoms with Crippen molar-refractivity contribution in [3.63, 3.8) is 0 Å². The molecule has 0 saturated heterocycles. The lowest BCUT2D eigenvalue weighted by Crippen LogP contribution is -2.38. The fourth-order valence-corrected chi connectivity index (χ4v) is 12.4. The highest BCUT2D eigenvalue weighted by Gasteiger charge is 2.44. The van der Waals surface area contributed by atoms with E-state index in [-0.39, 0.29) is 21.7 Å². The molecule has 13 rings (SSSR count). The molecule has 0 bridgehead atoms. The molecule has 0 spiro atoms. The predicted octanol–water partition coefficient (Wildman–Crippen LogP) is 15.8. The Balaban J connectivity index is 1.20. The molecule has 0 unspecified atom stereocenters. The minimum absolute atomic E-state index is 0.0381. The predicted molar refractivity (Wildman–Crippen MR) is 289 cm³/mol. The molecule has 2 aromatic heterocycles. The quantitative estimate of drug-likeness (QED) is 0.179. The van der Waals surface area contributed by atoms with E-state index >= 15 is 0 Å². The zero-order chi connectivity index (χ0) is 46.8. The molecule has 1 aliphatic heterocycles. The van der Waals surface area contributed by atoms with Gasteiger partial charge in [-0.2, -0.15) is 0 Å². The van der Waals surface area contributed by atoms with Gasteiger partial charge < -0.3 is 14.3 Å². The first-order valence-corrected chi connectivity index (χ1v) is 24.4. The zero-order valence-corrected chi connectivity index (χ0v) is 40.9. The first-order valence-electron chi connectivity index (χ1n) is 24.4. The molecular formula is C64H56BN2O. The van der Waals surface area contributed by atoms with Gasteiger partial charge in [-0.25, -0.2) is 0 Å². The second-order valence-electron chi connectivity index (χ2n) is 22.9. The third-order valence-electron chi connectivity index (χ3n) is 16.0.